The molecular formula is C23H20F6N4O4. The molecule has 2 heterocycles. The lowest BCUT2D eigenvalue weighted by Crippen LogP contribution is -2.81. The van der Waals surface area contributed by atoms with Gasteiger partial charge in [0.05, 0.1) is 18.7 Å². The lowest BCUT2D eigenvalue weighted by molar-refractivity contribution is -0.274. The van der Waals surface area contributed by atoms with Gasteiger partial charge in [-0.25, -0.2) is 4.79 Å². The predicted octanol–water partition coefficient (Wildman–Crippen LogP) is 3.37. The monoisotopic (exact) mass is 530 g/mol. The van der Waals surface area contributed by atoms with Crippen LogP contribution in [0.3, 0.4) is 0 Å². The summed E-state index contributed by atoms with van der Waals surface area (Å²) in [5.41, 5.74) is -1.90. The van der Waals surface area contributed by atoms with Crippen molar-refractivity contribution >= 4 is 23.5 Å². The first-order valence-corrected chi connectivity index (χ1v) is 10.8. The summed E-state index contributed by atoms with van der Waals surface area (Å²) in [6.45, 7) is -0.996. The Kier molecular flexibility index (Phi) is 6.46. The topological polar surface area (TPSA) is 82.2 Å². The quantitative estimate of drug-likeness (QED) is 0.615. The van der Waals surface area contributed by atoms with Gasteiger partial charge in [-0.05, 0) is 42.0 Å². The van der Waals surface area contributed by atoms with Crippen molar-refractivity contribution in [3.63, 3.8) is 0 Å². The maximum Gasteiger partial charge on any atom is 0.573 e. The molecule has 8 nitrogen and oxygen atoms in total. The summed E-state index contributed by atoms with van der Waals surface area (Å²) in [7, 11) is 1.39. The number of hydrogen-bond donors (Lipinski definition) is 1. The fraction of sp³-hybridized carbons (Fsp3) is 0.348. The molecule has 0 saturated carbocycles. The average molecular weight is 530 g/mol. The number of nitrogens with one attached hydrogen (secondary N) is 1. The SMILES string of the molecule is CNC(=O)N1CC2(C1)C(=O)N(c1ccc(OC(F)(F)F)cc1)CC(=O)N2Cc1ccc(C(F)(F)F)cc1. The first-order valence-electron chi connectivity index (χ1n) is 10.8. The standard InChI is InChI=1S/C23H20F6N4O4/c1-30-20(36)31-12-21(13-31)19(35)32(16-6-8-17(9-7-16)37-23(27,28)29)11-18(34)33(21)10-14-2-4-15(5-3-14)22(24,25)26/h2-9H,10-13H2,1H3,(H,30,36). The molecule has 2 aliphatic heterocycles. The van der Waals surface area contributed by atoms with Crippen LogP contribution in [-0.2, 0) is 22.3 Å². The van der Waals surface area contributed by atoms with Gasteiger partial charge < -0.3 is 24.8 Å². The number of anilines is 1. The molecule has 0 atom stereocenters. The number of hydrogen-bond acceptors (Lipinski definition) is 4. The molecule has 1 spiro atoms. The number of urea groups is 1. The van der Waals surface area contributed by atoms with E-state index in [-0.39, 0.29) is 25.3 Å². The van der Waals surface area contributed by atoms with Crippen molar-refractivity contribution in [2.75, 3.05) is 31.6 Å². The number of rotatable bonds is 4. The van der Waals surface area contributed by atoms with Crippen molar-refractivity contribution in [2.45, 2.75) is 24.6 Å². The van der Waals surface area contributed by atoms with E-state index >= 15 is 0 Å². The minimum Gasteiger partial charge on any atom is -0.406 e. The number of piperazine rings is 1. The fourth-order valence-corrected chi connectivity index (χ4v) is 4.35. The largest absolute Gasteiger partial charge is 0.573 e. The van der Waals surface area contributed by atoms with Crippen LogP contribution in [0.15, 0.2) is 48.5 Å². The van der Waals surface area contributed by atoms with Gasteiger partial charge in [-0.3, -0.25) is 9.59 Å². The molecule has 0 aliphatic carbocycles. The van der Waals surface area contributed by atoms with Crippen LogP contribution in [0.2, 0.25) is 0 Å². The van der Waals surface area contributed by atoms with Crippen LogP contribution in [0.5, 0.6) is 5.75 Å². The van der Waals surface area contributed by atoms with Crippen LogP contribution in [0.1, 0.15) is 11.1 Å². The molecule has 2 aromatic carbocycles. The number of nitrogens with zero attached hydrogens (tertiary/aromatic N) is 3. The second-order valence-corrected chi connectivity index (χ2v) is 8.55. The maximum atomic E-state index is 13.6. The molecule has 4 rings (SSSR count). The van der Waals surface area contributed by atoms with Crippen molar-refractivity contribution < 1.29 is 45.5 Å². The zero-order chi connectivity index (χ0) is 27.2. The second-order valence-electron chi connectivity index (χ2n) is 8.55. The molecule has 2 aliphatic rings. The minimum absolute atomic E-state index is 0.139. The summed E-state index contributed by atoms with van der Waals surface area (Å²) in [6, 6.07) is 8.04. The minimum atomic E-state index is -4.91. The molecule has 1 N–H and O–H groups in total. The van der Waals surface area contributed by atoms with Crippen molar-refractivity contribution in [1.29, 1.82) is 0 Å². The van der Waals surface area contributed by atoms with Crippen molar-refractivity contribution in [3.8, 4) is 5.75 Å². The molecule has 4 amide bonds. The van der Waals surface area contributed by atoms with E-state index in [1.54, 1.807) is 0 Å². The van der Waals surface area contributed by atoms with Crippen LogP contribution in [-0.4, -0.2) is 66.2 Å². The number of likely N-dealkylation sites (tertiary alicyclic amines) is 1. The zero-order valence-corrected chi connectivity index (χ0v) is 19.2. The summed E-state index contributed by atoms with van der Waals surface area (Å²) < 4.78 is 80.0. The summed E-state index contributed by atoms with van der Waals surface area (Å²) in [5.74, 6) is -1.64. The summed E-state index contributed by atoms with van der Waals surface area (Å²) in [4.78, 5) is 42.6. The number of alkyl halides is 6. The highest BCUT2D eigenvalue weighted by atomic mass is 19.4. The molecule has 37 heavy (non-hydrogen) atoms. The van der Waals surface area contributed by atoms with Crippen molar-refractivity contribution in [2.24, 2.45) is 0 Å². The Morgan fingerprint density at radius 1 is 0.973 bits per heavy atom. The third-order valence-electron chi connectivity index (χ3n) is 6.16. The molecule has 0 aromatic heterocycles. The second kappa shape index (κ2) is 9.16. The van der Waals surface area contributed by atoms with Gasteiger partial charge in [0.15, 0.2) is 5.54 Å². The Balaban J connectivity index is 1.61. The van der Waals surface area contributed by atoms with E-state index in [1.807, 2.05) is 0 Å². The Morgan fingerprint density at radius 3 is 2.08 bits per heavy atom. The summed E-state index contributed by atoms with van der Waals surface area (Å²) >= 11 is 0. The molecule has 0 bridgehead atoms. The maximum absolute atomic E-state index is 13.6. The van der Waals surface area contributed by atoms with E-state index in [0.717, 1.165) is 29.2 Å². The van der Waals surface area contributed by atoms with E-state index in [0.29, 0.717) is 5.56 Å². The lowest BCUT2D eigenvalue weighted by atomic mass is 9.83. The molecule has 2 fully saturated rings. The van der Waals surface area contributed by atoms with Crippen LogP contribution < -0.4 is 15.0 Å². The molecule has 198 valence electrons. The molecule has 0 radical (unpaired) electrons. The van der Waals surface area contributed by atoms with Gasteiger partial charge in [-0.15, -0.1) is 13.2 Å². The third-order valence-corrected chi connectivity index (χ3v) is 6.16. The highest BCUT2D eigenvalue weighted by Crippen LogP contribution is 2.38. The van der Waals surface area contributed by atoms with Gasteiger partial charge in [-0.2, -0.15) is 13.2 Å². The van der Waals surface area contributed by atoms with Gasteiger partial charge in [-0.1, -0.05) is 12.1 Å². The van der Waals surface area contributed by atoms with E-state index < -0.39 is 53.8 Å². The number of amides is 4. The highest BCUT2D eigenvalue weighted by molar-refractivity contribution is 6.10. The van der Waals surface area contributed by atoms with Gasteiger partial charge in [0, 0.05) is 19.3 Å². The van der Waals surface area contributed by atoms with E-state index in [9.17, 15) is 40.7 Å². The van der Waals surface area contributed by atoms with Crippen LogP contribution in [0.4, 0.5) is 36.8 Å². The zero-order valence-electron chi connectivity index (χ0n) is 19.2. The smallest absolute Gasteiger partial charge is 0.406 e. The normalized spacial score (nSPS) is 17.6. The molecule has 2 saturated heterocycles. The van der Waals surface area contributed by atoms with E-state index in [4.69, 9.17) is 0 Å². The molecule has 14 heteroatoms. The molecular weight excluding hydrogens is 510 g/mol. The number of benzene rings is 2. The van der Waals surface area contributed by atoms with Gasteiger partial charge in [0.2, 0.25) is 5.91 Å². The number of carbonyl (C=O) groups excluding carboxylic acids is 3. The Morgan fingerprint density at radius 2 is 1.57 bits per heavy atom. The Bertz CT molecular complexity index is 1190. The van der Waals surface area contributed by atoms with Gasteiger partial charge in [0.25, 0.3) is 5.91 Å². The first-order chi connectivity index (χ1) is 17.2. The van der Waals surface area contributed by atoms with Crippen LogP contribution >= 0.6 is 0 Å². The van der Waals surface area contributed by atoms with Crippen molar-refractivity contribution in [3.05, 3.63) is 59.7 Å². The molecule has 2 aromatic rings. The summed E-state index contributed by atoms with van der Waals surface area (Å²) in [6.07, 6.45) is -9.45. The third kappa shape index (κ3) is 5.13. The first kappa shape index (κ1) is 26.1. The van der Waals surface area contributed by atoms with Gasteiger partial charge in [0.1, 0.15) is 12.3 Å². The number of carbonyl (C=O) groups is 3. The van der Waals surface area contributed by atoms with Crippen LogP contribution in [0, 0.1) is 0 Å². The van der Waals surface area contributed by atoms with Gasteiger partial charge >= 0.3 is 18.6 Å². The lowest BCUT2D eigenvalue weighted by Gasteiger charge is -2.57. The number of ether oxygens (including phenoxy) is 1. The number of halogens is 6. The van der Waals surface area contributed by atoms with Crippen LogP contribution in [0.25, 0.3) is 0 Å². The summed E-state index contributed by atoms with van der Waals surface area (Å²) in [5, 5.41) is 2.41. The van der Waals surface area contributed by atoms with E-state index in [1.165, 1.54) is 41.1 Å². The molecule has 0 unspecified atom stereocenters. The van der Waals surface area contributed by atoms with Crippen molar-refractivity contribution in [1.82, 2.24) is 15.1 Å². The Labute approximate surface area is 206 Å². The highest BCUT2D eigenvalue weighted by Gasteiger charge is 2.60. The Hall–Kier alpha value is -3.97. The van der Waals surface area contributed by atoms with E-state index in [2.05, 4.69) is 10.1 Å². The fourth-order valence-electron chi connectivity index (χ4n) is 4.35. The predicted molar refractivity (Wildman–Crippen MR) is 116 cm³/mol. The average Bonchev–Trinajstić information content (AvgIpc) is 2.79.